The average molecular weight is 259 g/mol. The van der Waals surface area contributed by atoms with Crippen LogP contribution in [0.4, 0.5) is 0 Å². The van der Waals surface area contributed by atoms with Gasteiger partial charge in [-0.2, -0.15) is 8.42 Å². The molecular formula is C10H13NO5S. The molecule has 0 fully saturated rings. The van der Waals surface area contributed by atoms with Gasteiger partial charge >= 0.3 is 5.97 Å². The fourth-order valence-electron chi connectivity index (χ4n) is 1.20. The number of pyridine rings is 1. The molecule has 0 spiro atoms. The van der Waals surface area contributed by atoms with E-state index in [0.717, 1.165) is 6.26 Å². The summed E-state index contributed by atoms with van der Waals surface area (Å²) >= 11 is 0. The Kier molecular flexibility index (Phi) is 4.19. The summed E-state index contributed by atoms with van der Waals surface area (Å²) in [6.07, 6.45) is 1.58. The second-order valence-electron chi connectivity index (χ2n) is 3.41. The normalized spacial score (nSPS) is 13.1. The fourth-order valence-corrected chi connectivity index (χ4v) is 1.82. The summed E-state index contributed by atoms with van der Waals surface area (Å²) in [5.74, 6) is -0.499. The number of carbonyl (C=O) groups excluding carboxylic acids is 1. The molecule has 0 bridgehead atoms. The largest absolute Gasteiger partial charge is 0.465 e. The van der Waals surface area contributed by atoms with Gasteiger partial charge in [-0.15, -0.1) is 0 Å². The molecule has 0 amide bonds. The molecule has 94 valence electrons. The molecule has 6 nitrogen and oxygen atoms in total. The predicted molar refractivity (Wildman–Crippen MR) is 59.9 cm³/mol. The highest BCUT2D eigenvalue weighted by molar-refractivity contribution is 7.86. The van der Waals surface area contributed by atoms with E-state index in [1.807, 2.05) is 0 Å². The van der Waals surface area contributed by atoms with Crippen molar-refractivity contribution < 1.29 is 22.1 Å². The first kappa shape index (κ1) is 13.6. The van der Waals surface area contributed by atoms with Crippen molar-refractivity contribution in [2.75, 3.05) is 13.4 Å². The molecule has 0 radical (unpaired) electrons. The maximum atomic E-state index is 11.1. The Morgan fingerprint density at radius 2 is 2.06 bits per heavy atom. The number of esters is 1. The van der Waals surface area contributed by atoms with E-state index in [-0.39, 0.29) is 0 Å². The van der Waals surface area contributed by atoms with Crippen molar-refractivity contribution in [3.63, 3.8) is 0 Å². The SMILES string of the molecule is COC(=O)c1ccc([C@H](C)OS(C)(=O)=O)nc1. The lowest BCUT2D eigenvalue weighted by atomic mass is 10.2. The first-order valence-corrected chi connectivity index (χ1v) is 6.57. The van der Waals surface area contributed by atoms with Crippen LogP contribution in [0.5, 0.6) is 0 Å². The van der Waals surface area contributed by atoms with Crippen LogP contribution < -0.4 is 0 Å². The van der Waals surface area contributed by atoms with Gasteiger partial charge in [0.05, 0.1) is 24.6 Å². The minimum atomic E-state index is -3.53. The summed E-state index contributed by atoms with van der Waals surface area (Å²) in [5, 5.41) is 0. The number of ether oxygens (including phenoxy) is 1. The molecule has 0 aromatic carbocycles. The monoisotopic (exact) mass is 259 g/mol. The van der Waals surface area contributed by atoms with Gasteiger partial charge in [0, 0.05) is 6.20 Å². The van der Waals surface area contributed by atoms with Crippen molar-refractivity contribution in [1.29, 1.82) is 0 Å². The van der Waals surface area contributed by atoms with Gasteiger partial charge in [0.1, 0.15) is 6.10 Å². The highest BCUT2D eigenvalue weighted by Gasteiger charge is 2.14. The number of nitrogens with zero attached hydrogens (tertiary/aromatic N) is 1. The zero-order chi connectivity index (χ0) is 13.1. The Labute approximate surface area is 99.7 Å². The average Bonchev–Trinajstić information content (AvgIpc) is 2.26. The number of methoxy groups -OCH3 is 1. The maximum Gasteiger partial charge on any atom is 0.339 e. The highest BCUT2D eigenvalue weighted by atomic mass is 32.2. The smallest absolute Gasteiger partial charge is 0.339 e. The molecule has 0 aliphatic carbocycles. The number of aromatic nitrogens is 1. The van der Waals surface area contributed by atoms with Crippen molar-refractivity contribution in [1.82, 2.24) is 4.98 Å². The first-order chi connectivity index (χ1) is 7.83. The Morgan fingerprint density at radius 1 is 1.41 bits per heavy atom. The van der Waals surface area contributed by atoms with Crippen LogP contribution >= 0.6 is 0 Å². The zero-order valence-corrected chi connectivity index (χ0v) is 10.5. The molecule has 1 aromatic heterocycles. The highest BCUT2D eigenvalue weighted by Crippen LogP contribution is 2.16. The quantitative estimate of drug-likeness (QED) is 0.590. The second kappa shape index (κ2) is 5.24. The Bertz CT molecular complexity index is 494. The van der Waals surface area contributed by atoms with E-state index in [9.17, 15) is 13.2 Å². The lowest BCUT2D eigenvalue weighted by Gasteiger charge is -2.10. The molecule has 0 aliphatic heterocycles. The summed E-state index contributed by atoms with van der Waals surface area (Å²) in [6, 6.07) is 3.01. The van der Waals surface area contributed by atoms with E-state index < -0.39 is 22.2 Å². The van der Waals surface area contributed by atoms with E-state index in [1.54, 1.807) is 6.92 Å². The van der Waals surface area contributed by atoms with Gasteiger partial charge in [0.2, 0.25) is 0 Å². The molecule has 0 unspecified atom stereocenters. The van der Waals surface area contributed by atoms with Crippen molar-refractivity contribution in [2.45, 2.75) is 13.0 Å². The minimum absolute atomic E-state index is 0.294. The third-order valence-electron chi connectivity index (χ3n) is 1.94. The lowest BCUT2D eigenvalue weighted by molar-refractivity contribution is 0.0600. The van der Waals surface area contributed by atoms with Crippen LogP contribution in [-0.2, 0) is 19.0 Å². The Balaban J connectivity index is 2.84. The molecule has 1 atom stereocenters. The second-order valence-corrected chi connectivity index (χ2v) is 5.01. The summed E-state index contributed by atoms with van der Waals surface area (Å²) in [7, 11) is -2.26. The molecule has 0 saturated heterocycles. The zero-order valence-electron chi connectivity index (χ0n) is 9.71. The summed E-state index contributed by atoms with van der Waals surface area (Å²) < 4.78 is 31.1. The molecule has 1 aromatic rings. The van der Waals surface area contributed by atoms with E-state index in [2.05, 4.69) is 9.72 Å². The van der Waals surface area contributed by atoms with Crippen LogP contribution in [0.15, 0.2) is 18.3 Å². The van der Waals surface area contributed by atoms with Crippen LogP contribution in [0.2, 0.25) is 0 Å². The standard InChI is InChI=1S/C10H13NO5S/c1-7(16-17(3,13)14)9-5-4-8(6-11-9)10(12)15-2/h4-7H,1-3H3/t7-/m0/s1. The number of hydrogen-bond donors (Lipinski definition) is 0. The first-order valence-electron chi connectivity index (χ1n) is 4.76. The van der Waals surface area contributed by atoms with Crippen LogP contribution in [0.1, 0.15) is 29.1 Å². The molecular weight excluding hydrogens is 246 g/mol. The molecule has 1 rings (SSSR count). The summed E-state index contributed by atoms with van der Waals surface area (Å²) in [6.45, 7) is 1.56. The molecule has 17 heavy (non-hydrogen) atoms. The molecule has 0 saturated carbocycles. The van der Waals surface area contributed by atoms with Gasteiger partial charge in [-0.3, -0.25) is 9.17 Å². The van der Waals surface area contributed by atoms with Gasteiger partial charge in [0.25, 0.3) is 10.1 Å². The van der Waals surface area contributed by atoms with Gasteiger partial charge in [-0.1, -0.05) is 0 Å². The lowest BCUT2D eigenvalue weighted by Crippen LogP contribution is -2.09. The van der Waals surface area contributed by atoms with Crippen LogP contribution in [0, 0.1) is 0 Å². The van der Waals surface area contributed by atoms with E-state index in [0.29, 0.717) is 11.3 Å². The third kappa shape index (κ3) is 4.12. The van der Waals surface area contributed by atoms with Crippen molar-refractivity contribution >= 4 is 16.1 Å². The maximum absolute atomic E-state index is 11.1. The van der Waals surface area contributed by atoms with Gasteiger partial charge in [-0.25, -0.2) is 4.79 Å². The van der Waals surface area contributed by atoms with Crippen molar-refractivity contribution in [2.24, 2.45) is 0 Å². The van der Waals surface area contributed by atoms with Crippen LogP contribution in [0.3, 0.4) is 0 Å². The van der Waals surface area contributed by atoms with E-state index >= 15 is 0 Å². The van der Waals surface area contributed by atoms with Crippen LogP contribution in [-0.4, -0.2) is 32.7 Å². The Morgan fingerprint density at radius 3 is 2.47 bits per heavy atom. The number of hydrogen-bond acceptors (Lipinski definition) is 6. The predicted octanol–water partition coefficient (Wildman–Crippen LogP) is 0.905. The van der Waals surface area contributed by atoms with E-state index in [1.165, 1.54) is 25.4 Å². The van der Waals surface area contributed by atoms with Crippen molar-refractivity contribution in [3.8, 4) is 0 Å². The molecule has 0 aliphatic rings. The summed E-state index contributed by atoms with van der Waals surface area (Å²) in [4.78, 5) is 15.1. The van der Waals surface area contributed by atoms with Crippen molar-refractivity contribution in [3.05, 3.63) is 29.6 Å². The van der Waals surface area contributed by atoms with E-state index in [4.69, 9.17) is 4.18 Å². The molecule has 7 heteroatoms. The minimum Gasteiger partial charge on any atom is -0.465 e. The van der Waals surface area contributed by atoms with Gasteiger partial charge in [-0.05, 0) is 19.1 Å². The Hall–Kier alpha value is -1.47. The number of rotatable bonds is 4. The fraction of sp³-hybridized carbons (Fsp3) is 0.400. The third-order valence-corrected chi connectivity index (χ3v) is 2.58. The molecule has 0 N–H and O–H groups in total. The van der Waals surface area contributed by atoms with Crippen LogP contribution in [0.25, 0.3) is 0 Å². The topological polar surface area (TPSA) is 82.6 Å². The van der Waals surface area contributed by atoms with Gasteiger partial charge in [0.15, 0.2) is 0 Å². The summed E-state index contributed by atoms with van der Waals surface area (Å²) in [5.41, 5.74) is 0.714. The molecule has 1 heterocycles. The number of carbonyl (C=O) groups is 1. The van der Waals surface area contributed by atoms with Gasteiger partial charge < -0.3 is 4.74 Å².